The minimum atomic E-state index is -4.75. The third-order valence-electron chi connectivity index (χ3n) is 5.66. The summed E-state index contributed by atoms with van der Waals surface area (Å²) in [6, 6.07) is 0. The molecule has 2 aliphatic heterocycles. The summed E-state index contributed by atoms with van der Waals surface area (Å²) in [4.78, 5) is 70.4. The number of phosphoric acid groups is 4. The molecule has 51 heavy (non-hydrogen) atoms. The molecule has 294 valence electrons. The van der Waals surface area contributed by atoms with Crippen LogP contribution in [0.5, 0.6) is 0 Å². The molecule has 4 atom stereocenters. The molecule has 6 radical (unpaired) electrons. The summed E-state index contributed by atoms with van der Waals surface area (Å²) in [5.74, 6) is -6.39. The van der Waals surface area contributed by atoms with Crippen LogP contribution < -0.4 is 0 Å². The molecule has 8 N–H and O–H groups in total. The Morgan fingerprint density at radius 1 is 0.412 bits per heavy atom. The van der Waals surface area contributed by atoms with Gasteiger partial charge in [0, 0.05) is 173 Å². The normalized spacial score (nSPS) is 27.2. The van der Waals surface area contributed by atoms with Crippen LogP contribution in [-0.2, 0) is 74.3 Å². The fraction of sp³-hybridized carbons (Fsp3) is 1.00. The minimum absolute atomic E-state index is 0. The summed E-state index contributed by atoms with van der Waals surface area (Å²) in [5.41, 5.74) is 0. The second-order valence-electron chi connectivity index (χ2n) is 9.59. The van der Waals surface area contributed by atoms with Gasteiger partial charge in [-0.25, -0.2) is 18.3 Å². The minimum Gasteiger partial charge on any atom is -0.346 e. The second kappa shape index (κ2) is 26.9. The fourth-order valence-corrected chi connectivity index (χ4v) is 5.21. The average molecular weight is 1200 g/mol. The van der Waals surface area contributed by atoms with Gasteiger partial charge >= 0.3 is 31.3 Å². The van der Waals surface area contributed by atoms with E-state index in [4.69, 9.17) is 77.0 Å². The quantitative estimate of drug-likeness (QED) is 0.0497. The molecular weight excluding hydrogens is 1160 g/mol. The first-order chi connectivity index (χ1) is 21.9. The third kappa shape index (κ3) is 25.9. The molecule has 2 fully saturated rings. The first-order valence-electron chi connectivity index (χ1n) is 13.8. The van der Waals surface area contributed by atoms with E-state index in [-0.39, 0.29) is 199 Å². The van der Waals surface area contributed by atoms with Crippen LogP contribution in [0.2, 0.25) is 0 Å². The van der Waals surface area contributed by atoms with E-state index in [1.807, 2.05) is 0 Å². The number of hydrogen-bond acceptors (Lipinski definition) is 16. The summed E-state index contributed by atoms with van der Waals surface area (Å²) >= 11 is 0. The molecular formula is C20H44Ba3O24P4. The predicted molar refractivity (Wildman–Crippen MR) is 170 cm³/mol. The van der Waals surface area contributed by atoms with Crippen molar-refractivity contribution in [1.82, 2.24) is 0 Å². The number of ether oxygens (including phenoxy) is 8. The van der Waals surface area contributed by atoms with Crippen LogP contribution in [0.3, 0.4) is 0 Å². The number of phosphoric ester groups is 4. The Kier molecular flexibility index (Phi) is 31.7. The van der Waals surface area contributed by atoms with E-state index in [1.54, 1.807) is 27.7 Å². The Bertz CT molecular complexity index is 969. The van der Waals surface area contributed by atoms with Crippen molar-refractivity contribution in [2.75, 3.05) is 79.3 Å². The molecule has 0 amide bonds. The Balaban J connectivity index is -0.000000853. The zero-order chi connectivity index (χ0) is 37.0. The first kappa shape index (κ1) is 60.1. The summed E-state index contributed by atoms with van der Waals surface area (Å²) < 4.78 is 104. The summed E-state index contributed by atoms with van der Waals surface area (Å²) in [5, 5.41) is 0. The van der Waals surface area contributed by atoms with Gasteiger partial charge < -0.3 is 77.0 Å². The topological polar surface area (TPSA) is 341 Å². The second-order valence-corrected chi connectivity index (χ2v) is 14.5. The van der Waals surface area contributed by atoms with Crippen LogP contribution >= 0.6 is 31.3 Å². The Hall–Kier alpha value is 4.83. The van der Waals surface area contributed by atoms with Gasteiger partial charge in [-0.2, -0.15) is 0 Å². The van der Waals surface area contributed by atoms with Crippen molar-refractivity contribution in [3.63, 3.8) is 0 Å². The van der Waals surface area contributed by atoms with Crippen LogP contribution in [0.1, 0.15) is 27.7 Å². The van der Waals surface area contributed by atoms with Crippen molar-refractivity contribution >= 4 is 178 Å². The van der Waals surface area contributed by atoms with Crippen molar-refractivity contribution in [2.24, 2.45) is 0 Å². The standard InChI is InChI=1S/2C10H22O12P2.3Ba/c2*1-3-17-9(7-21-23(11,12)13)5-20-10(6-19-9,18-4-2)8-22-24(14,15)16;;;/h2*3-8H2,1-2H3,(H2,11,12,13)(H2,14,15,16);;;. The molecule has 2 aliphatic rings. The molecule has 0 spiro atoms. The van der Waals surface area contributed by atoms with Crippen molar-refractivity contribution in [3.8, 4) is 0 Å². The van der Waals surface area contributed by atoms with Crippen LogP contribution in [0.25, 0.3) is 0 Å². The van der Waals surface area contributed by atoms with E-state index in [2.05, 4.69) is 18.1 Å². The van der Waals surface area contributed by atoms with Crippen molar-refractivity contribution in [2.45, 2.75) is 50.8 Å². The Morgan fingerprint density at radius 2 is 0.569 bits per heavy atom. The van der Waals surface area contributed by atoms with Crippen molar-refractivity contribution < 1.29 is 113 Å². The van der Waals surface area contributed by atoms with E-state index < -0.39 is 80.9 Å². The molecule has 24 nitrogen and oxygen atoms in total. The van der Waals surface area contributed by atoms with E-state index in [9.17, 15) is 18.3 Å². The molecule has 0 saturated carbocycles. The van der Waals surface area contributed by atoms with Gasteiger partial charge in [-0.3, -0.25) is 18.1 Å². The first-order valence-corrected chi connectivity index (χ1v) is 19.9. The number of hydrogen-bond donors (Lipinski definition) is 8. The van der Waals surface area contributed by atoms with Crippen molar-refractivity contribution in [1.29, 1.82) is 0 Å². The van der Waals surface area contributed by atoms with Crippen LogP contribution in [0, 0.1) is 0 Å². The average Bonchev–Trinajstić information content (AvgIpc) is 2.96. The Labute approximate surface area is 414 Å². The maximum absolute atomic E-state index is 10.9. The molecule has 31 heteroatoms. The predicted octanol–water partition coefficient (Wildman–Crippen LogP) is -1.71. The van der Waals surface area contributed by atoms with Gasteiger partial charge in [-0.15, -0.1) is 0 Å². The van der Waals surface area contributed by atoms with Gasteiger partial charge in [-0.05, 0) is 27.7 Å². The van der Waals surface area contributed by atoms with E-state index >= 15 is 0 Å². The summed E-state index contributed by atoms with van der Waals surface area (Å²) in [7, 11) is -19.0. The summed E-state index contributed by atoms with van der Waals surface area (Å²) in [6.45, 7) is 3.10. The van der Waals surface area contributed by atoms with Crippen molar-refractivity contribution in [3.05, 3.63) is 0 Å². The smallest absolute Gasteiger partial charge is 0.346 e. The van der Waals surface area contributed by atoms with Crippen LogP contribution in [-0.4, -0.2) is 288 Å². The van der Waals surface area contributed by atoms with Gasteiger partial charge in [0.05, 0.1) is 0 Å². The van der Waals surface area contributed by atoms with Gasteiger partial charge in [0.25, 0.3) is 0 Å². The van der Waals surface area contributed by atoms with Gasteiger partial charge in [0.2, 0.25) is 23.1 Å². The number of rotatable bonds is 20. The molecule has 0 aromatic rings. The fourth-order valence-electron chi connectivity index (χ4n) is 3.75. The van der Waals surface area contributed by atoms with Crippen LogP contribution in [0.15, 0.2) is 0 Å². The molecule has 2 saturated heterocycles. The van der Waals surface area contributed by atoms with E-state index in [0.717, 1.165) is 0 Å². The van der Waals surface area contributed by atoms with Gasteiger partial charge in [-0.1, -0.05) is 0 Å². The molecule has 0 aliphatic carbocycles. The maximum atomic E-state index is 10.9. The Morgan fingerprint density at radius 3 is 0.667 bits per heavy atom. The van der Waals surface area contributed by atoms with E-state index in [0.29, 0.717) is 0 Å². The molecule has 0 aromatic heterocycles. The molecule has 0 aromatic carbocycles. The largest absolute Gasteiger partial charge is 0.469 e. The molecule has 2 rings (SSSR count). The maximum Gasteiger partial charge on any atom is 0.469 e. The zero-order valence-electron chi connectivity index (χ0n) is 28.5. The van der Waals surface area contributed by atoms with Crippen LogP contribution in [0.4, 0.5) is 0 Å². The SMILES string of the molecule is CCOC1(COP(=O)(O)O)COC(COP(=O)(O)O)(OCC)CO1.CCOC1(COP(=O)(O)O)COC(COP(=O)(O)O)(OCC)CO1.[Ba].[Ba].[Ba]. The van der Waals surface area contributed by atoms with Gasteiger partial charge in [0.15, 0.2) is 0 Å². The molecule has 0 bridgehead atoms. The summed E-state index contributed by atoms with van der Waals surface area (Å²) in [6.07, 6.45) is 0. The zero-order valence-corrected chi connectivity index (χ0v) is 45.4. The third-order valence-corrected chi connectivity index (χ3v) is 7.52. The van der Waals surface area contributed by atoms with Gasteiger partial charge in [0.1, 0.15) is 52.9 Å². The molecule has 2 heterocycles. The van der Waals surface area contributed by atoms with E-state index in [1.165, 1.54) is 0 Å². The molecule has 4 unspecified atom stereocenters. The monoisotopic (exact) mass is 1210 g/mol.